The minimum absolute atomic E-state index is 0.0186. The van der Waals surface area contributed by atoms with Gasteiger partial charge in [-0.2, -0.15) is 0 Å². The average Bonchev–Trinajstić information content (AvgIpc) is 3.01. The van der Waals surface area contributed by atoms with E-state index in [0.29, 0.717) is 0 Å². The number of hydrogen-bond acceptors (Lipinski definition) is 2. The summed E-state index contributed by atoms with van der Waals surface area (Å²) in [5.74, 6) is -0.0216. The number of aromatic nitrogens is 2. The van der Waals surface area contributed by atoms with E-state index < -0.39 is 0 Å². The summed E-state index contributed by atoms with van der Waals surface area (Å²) in [6.07, 6.45) is 4.28. The SMILES string of the molecule is O=C1NC(c2ccccc2)Cc2[nH]c(-c3ccncc3)cc21. The van der Waals surface area contributed by atoms with Crippen LogP contribution in [0.5, 0.6) is 0 Å². The lowest BCUT2D eigenvalue weighted by molar-refractivity contribution is 0.0925. The summed E-state index contributed by atoms with van der Waals surface area (Å²) in [5.41, 5.74) is 4.84. The molecule has 108 valence electrons. The number of amides is 1. The summed E-state index contributed by atoms with van der Waals surface area (Å²) in [5, 5.41) is 3.08. The molecule has 1 aliphatic heterocycles. The van der Waals surface area contributed by atoms with Gasteiger partial charge in [0.2, 0.25) is 0 Å². The number of nitrogens with one attached hydrogen (secondary N) is 2. The maximum absolute atomic E-state index is 12.4. The lowest BCUT2D eigenvalue weighted by atomic mass is 9.96. The van der Waals surface area contributed by atoms with Gasteiger partial charge in [0.25, 0.3) is 5.91 Å². The zero-order valence-electron chi connectivity index (χ0n) is 11.9. The number of hydrogen-bond donors (Lipinski definition) is 2. The van der Waals surface area contributed by atoms with Crippen molar-refractivity contribution in [2.45, 2.75) is 12.5 Å². The number of aromatic amines is 1. The van der Waals surface area contributed by atoms with Crippen molar-refractivity contribution in [3.05, 3.63) is 77.7 Å². The molecule has 1 aliphatic rings. The highest BCUT2D eigenvalue weighted by atomic mass is 16.1. The van der Waals surface area contributed by atoms with Gasteiger partial charge in [0, 0.05) is 35.8 Å². The molecule has 0 bridgehead atoms. The first-order valence-electron chi connectivity index (χ1n) is 7.29. The van der Waals surface area contributed by atoms with E-state index in [4.69, 9.17) is 0 Å². The largest absolute Gasteiger partial charge is 0.358 e. The van der Waals surface area contributed by atoms with Crippen LogP contribution in [0.3, 0.4) is 0 Å². The smallest absolute Gasteiger partial charge is 0.253 e. The van der Waals surface area contributed by atoms with Crippen LogP contribution in [0.15, 0.2) is 60.9 Å². The molecular formula is C18H15N3O. The van der Waals surface area contributed by atoms with Crippen molar-refractivity contribution in [3.63, 3.8) is 0 Å². The molecule has 4 nitrogen and oxygen atoms in total. The molecule has 0 saturated carbocycles. The number of pyridine rings is 1. The van der Waals surface area contributed by atoms with E-state index >= 15 is 0 Å². The molecule has 4 rings (SSSR count). The normalized spacial score (nSPS) is 16.9. The second-order valence-corrected chi connectivity index (χ2v) is 5.45. The van der Waals surface area contributed by atoms with Gasteiger partial charge >= 0.3 is 0 Å². The predicted molar refractivity (Wildman–Crippen MR) is 84.4 cm³/mol. The van der Waals surface area contributed by atoms with Crippen LogP contribution in [0.4, 0.5) is 0 Å². The Morgan fingerprint density at radius 2 is 1.82 bits per heavy atom. The van der Waals surface area contributed by atoms with Gasteiger partial charge in [-0.05, 0) is 23.8 Å². The summed E-state index contributed by atoms with van der Waals surface area (Å²) in [6, 6.07) is 15.9. The van der Waals surface area contributed by atoms with E-state index in [9.17, 15) is 4.79 Å². The first-order valence-corrected chi connectivity index (χ1v) is 7.29. The molecule has 1 atom stereocenters. The van der Waals surface area contributed by atoms with Crippen LogP contribution in [0.2, 0.25) is 0 Å². The molecule has 0 saturated heterocycles. The molecule has 1 amide bonds. The third-order valence-corrected chi connectivity index (χ3v) is 4.05. The van der Waals surface area contributed by atoms with E-state index in [1.807, 2.05) is 48.5 Å². The second kappa shape index (κ2) is 5.15. The molecule has 1 unspecified atom stereocenters. The molecule has 0 aliphatic carbocycles. The minimum atomic E-state index is -0.0216. The van der Waals surface area contributed by atoms with Crippen LogP contribution in [0.1, 0.15) is 27.7 Å². The summed E-state index contributed by atoms with van der Waals surface area (Å²) >= 11 is 0. The van der Waals surface area contributed by atoms with Crippen molar-refractivity contribution in [1.82, 2.24) is 15.3 Å². The number of rotatable bonds is 2. The average molecular weight is 289 g/mol. The predicted octanol–water partition coefficient (Wildman–Crippen LogP) is 3.10. The van der Waals surface area contributed by atoms with Crippen molar-refractivity contribution in [2.75, 3.05) is 0 Å². The summed E-state index contributed by atoms with van der Waals surface area (Å²) in [6.45, 7) is 0. The van der Waals surface area contributed by atoms with Gasteiger partial charge in [0.15, 0.2) is 0 Å². The van der Waals surface area contributed by atoms with E-state index in [0.717, 1.165) is 34.5 Å². The number of fused-ring (bicyclic) bond motifs is 1. The quantitative estimate of drug-likeness (QED) is 0.761. The monoisotopic (exact) mass is 289 g/mol. The van der Waals surface area contributed by atoms with Gasteiger partial charge in [-0.25, -0.2) is 0 Å². The fourth-order valence-electron chi connectivity index (χ4n) is 2.93. The number of carbonyl (C=O) groups excluding carboxylic acids is 1. The highest BCUT2D eigenvalue weighted by Crippen LogP contribution is 2.29. The number of nitrogens with zero attached hydrogens (tertiary/aromatic N) is 1. The Labute approximate surface area is 128 Å². The lowest BCUT2D eigenvalue weighted by Crippen LogP contribution is -2.34. The molecular weight excluding hydrogens is 274 g/mol. The Hall–Kier alpha value is -2.88. The first kappa shape index (κ1) is 12.8. The van der Waals surface area contributed by atoms with Crippen molar-refractivity contribution in [2.24, 2.45) is 0 Å². The van der Waals surface area contributed by atoms with E-state index in [1.165, 1.54) is 0 Å². The van der Waals surface area contributed by atoms with Gasteiger partial charge in [0.05, 0.1) is 11.6 Å². The van der Waals surface area contributed by atoms with E-state index in [1.54, 1.807) is 12.4 Å². The summed E-state index contributed by atoms with van der Waals surface area (Å²) in [4.78, 5) is 19.8. The van der Waals surface area contributed by atoms with Crippen molar-refractivity contribution in [1.29, 1.82) is 0 Å². The molecule has 0 radical (unpaired) electrons. The number of benzene rings is 1. The summed E-state index contributed by atoms with van der Waals surface area (Å²) < 4.78 is 0. The van der Waals surface area contributed by atoms with Gasteiger partial charge in [-0.15, -0.1) is 0 Å². The zero-order valence-corrected chi connectivity index (χ0v) is 11.9. The fourth-order valence-corrected chi connectivity index (χ4v) is 2.93. The topological polar surface area (TPSA) is 57.8 Å². The molecule has 4 heteroatoms. The highest BCUT2D eigenvalue weighted by Gasteiger charge is 2.27. The Kier molecular flexibility index (Phi) is 3.00. The standard InChI is InChI=1S/C18H15N3O/c22-18-14-10-15(13-6-8-19-9-7-13)20-17(14)11-16(21-18)12-4-2-1-3-5-12/h1-10,16,20H,11H2,(H,21,22). The number of carbonyl (C=O) groups is 1. The van der Waals surface area contributed by atoms with Gasteiger partial charge in [0.1, 0.15) is 0 Å². The molecule has 2 aromatic heterocycles. The third kappa shape index (κ3) is 2.19. The minimum Gasteiger partial charge on any atom is -0.358 e. The molecule has 0 spiro atoms. The lowest BCUT2D eigenvalue weighted by Gasteiger charge is -2.23. The Morgan fingerprint density at radius 3 is 2.59 bits per heavy atom. The van der Waals surface area contributed by atoms with Crippen molar-refractivity contribution < 1.29 is 4.79 Å². The third-order valence-electron chi connectivity index (χ3n) is 4.05. The summed E-state index contributed by atoms with van der Waals surface area (Å²) in [7, 11) is 0. The van der Waals surface area contributed by atoms with Gasteiger partial charge < -0.3 is 10.3 Å². The van der Waals surface area contributed by atoms with Crippen LogP contribution < -0.4 is 5.32 Å². The maximum atomic E-state index is 12.4. The van der Waals surface area contributed by atoms with Crippen LogP contribution in [-0.4, -0.2) is 15.9 Å². The Bertz CT molecular complexity index is 809. The molecule has 22 heavy (non-hydrogen) atoms. The Balaban J connectivity index is 1.70. The van der Waals surface area contributed by atoms with E-state index in [-0.39, 0.29) is 11.9 Å². The number of H-pyrrole nitrogens is 1. The van der Waals surface area contributed by atoms with E-state index in [2.05, 4.69) is 15.3 Å². The molecule has 1 aromatic carbocycles. The van der Waals surface area contributed by atoms with Crippen molar-refractivity contribution in [3.8, 4) is 11.3 Å². The van der Waals surface area contributed by atoms with Gasteiger partial charge in [-0.1, -0.05) is 30.3 Å². The maximum Gasteiger partial charge on any atom is 0.253 e. The van der Waals surface area contributed by atoms with Crippen LogP contribution >= 0.6 is 0 Å². The Morgan fingerprint density at radius 1 is 1.05 bits per heavy atom. The first-order chi connectivity index (χ1) is 10.8. The van der Waals surface area contributed by atoms with Crippen LogP contribution in [-0.2, 0) is 6.42 Å². The van der Waals surface area contributed by atoms with Gasteiger partial charge in [-0.3, -0.25) is 9.78 Å². The zero-order chi connectivity index (χ0) is 14.9. The highest BCUT2D eigenvalue weighted by molar-refractivity contribution is 5.98. The fraction of sp³-hybridized carbons (Fsp3) is 0.111. The molecule has 0 fully saturated rings. The van der Waals surface area contributed by atoms with Crippen molar-refractivity contribution >= 4 is 5.91 Å². The molecule has 2 N–H and O–H groups in total. The van der Waals surface area contributed by atoms with Crippen LogP contribution in [0.25, 0.3) is 11.3 Å². The van der Waals surface area contributed by atoms with Crippen LogP contribution in [0, 0.1) is 0 Å². The molecule has 3 aromatic rings. The second-order valence-electron chi connectivity index (χ2n) is 5.45. The molecule has 3 heterocycles.